The second-order valence-corrected chi connectivity index (χ2v) is 45.7. The van der Waals surface area contributed by atoms with Gasteiger partial charge in [0, 0.05) is 81.1 Å². The van der Waals surface area contributed by atoms with Gasteiger partial charge >= 0.3 is 0 Å². The van der Waals surface area contributed by atoms with Gasteiger partial charge in [-0.1, -0.05) is 178 Å². The summed E-state index contributed by atoms with van der Waals surface area (Å²) in [7, 11) is -2.55. The molecule has 149 heavy (non-hydrogen) atoms. The number of aromatic hydroxyl groups is 8. The number of hydrogen-bond donors (Lipinski definition) is 10. The summed E-state index contributed by atoms with van der Waals surface area (Å²) in [4.78, 5) is 4.70. The van der Waals surface area contributed by atoms with E-state index in [0.29, 0.717) is 64.9 Å². The van der Waals surface area contributed by atoms with Gasteiger partial charge in [0.05, 0.1) is 69.1 Å². The van der Waals surface area contributed by atoms with Gasteiger partial charge in [-0.15, -0.1) is 11.8 Å². The third-order valence-electron chi connectivity index (χ3n) is 27.7. The lowest BCUT2D eigenvalue weighted by atomic mass is 9.93. The largest absolute Gasteiger partial charge is 0.508 e. The molecule has 5 atom stereocenters. The van der Waals surface area contributed by atoms with Crippen LogP contribution in [0.3, 0.4) is 0 Å². The van der Waals surface area contributed by atoms with Crippen LogP contribution >= 0.6 is 46.6 Å². The topological polar surface area (TPSA) is 283 Å². The lowest BCUT2D eigenvalue weighted by molar-refractivity contribution is 0.0548. The quantitative estimate of drug-likeness (QED) is 0.0675. The first-order valence-corrected chi connectivity index (χ1v) is 54.3. The number of hydrogen-bond acceptors (Lipinski definition) is 18. The maximum atomic E-state index is 14.2. The van der Waals surface area contributed by atoms with Gasteiger partial charge in [0.1, 0.15) is 57.6 Å². The summed E-state index contributed by atoms with van der Waals surface area (Å²) < 4.78 is 92.8. The Balaban J connectivity index is 0.000000116. The van der Waals surface area contributed by atoms with Crippen molar-refractivity contribution in [3.05, 3.63) is 404 Å². The van der Waals surface area contributed by atoms with E-state index in [1.54, 1.807) is 79.7 Å². The molecular formula is C123H117Cl3F2N4O14S3. The molecule has 8 aliphatic rings. The molecule has 18 nitrogen and oxygen atoms in total. The van der Waals surface area contributed by atoms with E-state index in [4.69, 9.17) is 53.8 Å². The third-order valence-corrected chi connectivity index (χ3v) is 33.4. The molecule has 0 bridgehead atoms. The fourth-order valence-electron chi connectivity index (χ4n) is 20.3. The fourth-order valence-corrected chi connectivity index (χ4v) is 24.8. The molecule has 8 heterocycles. The molecule has 0 aliphatic carbocycles. The lowest BCUT2D eigenvalue weighted by Gasteiger charge is -2.22. The molecular weight excluding hydrogens is 2000 g/mol. The number of sulfonamides is 1. The van der Waals surface area contributed by atoms with Crippen LogP contribution in [0.5, 0.6) is 46.0 Å². The minimum Gasteiger partial charge on any atom is -0.508 e. The van der Waals surface area contributed by atoms with Crippen LogP contribution < -0.4 is 4.72 Å². The Bertz CT molecular complexity index is 7970. The van der Waals surface area contributed by atoms with Gasteiger partial charge < -0.3 is 55.1 Å². The number of halogens is 5. The second-order valence-electron chi connectivity index (χ2n) is 39.4. The molecule has 0 radical (unpaired) electrons. The third kappa shape index (κ3) is 23.7. The molecule has 0 amide bonds. The SMILES string of the molecule is Cc1cc(F)c2c(c1)NS(=O)(=O)c1cc(O)ccc1-2.Cc1cc2c(cc1Cl)-c1ccc(O)cc1C(C)OC2.Cc1cc2c(cc1Cl)-c1ccc(O)cc1C(C)OC2.Cc1cc2c(cc1Cl)-c1ccc(O)cc1CN(C)C2.Cc1ccc2c(c1)C(C)OCc1cc(O)ccc1-2.Cc1ccc2c(c1)C(C)SCc1cc(O)ccc1-2.Cc1ccc2c(c1)CN(C)Cc1cc(O)cc(F)c1-2.Cc1ccc2c(c1)C[S@](=N)(=O)c1cc(O)ccc1-2. The summed E-state index contributed by atoms with van der Waals surface area (Å²) in [5.41, 5.74) is 38.9. The second kappa shape index (κ2) is 44.3. The summed E-state index contributed by atoms with van der Waals surface area (Å²) in [5.74, 6) is 1.68. The highest BCUT2D eigenvalue weighted by molar-refractivity contribution is 7.98. The van der Waals surface area contributed by atoms with E-state index in [1.165, 1.54) is 97.1 Å². The minimum absolute atomic E-state index is 0.0137. The first-order valence-electron chi connectivity index (χ1n) is 48.9. The first kappa shape index (κ1) is 107. The minimum atomic E-state index is -3.79. The molecule has 16 aromatic rings. The number of benzene rings is 16. The van der Waals surface area contributed by atoms with Crippen molar-refractivity contribution in [2.75, 3.05) is 18.8 Å². The molecule has 0 saturated heterocycles. The Labute approximate surface area is 888 Å². The normalized spacial score (nSPS) is 17.0. The smallest absolute Gasteiger partial charge is 0.262 e. The van der Waals surface area contributed by atoms with Crippen molar-refractivity contribution >= 4 is 72.0 Å². The molecule has 0 aromatic heterocycles. The highest BCUT2D eigenvalue weighted by atomic mass is 35.5. The summed E-state index contributed by atoms with van der Waals surface area (Å²) in [6, 6.07) is 79.5. The Kier molecular flexibility index (Phi) is 31.8. The van der Waals surface area contributed by atoms with Crippen LogP contribution in [0.4, 0.5) is 14.5 Å². The number of aryl methyl sites for hydroxylation is 8. The molecule has 0 saturated carbocycles. The highest BCUT2D eigenvalue weighted by Crippen LogP contribution is 2.51. The van der Waals surface area contributed by atoms with E-state index >= 15 is 0 Å². The van der Waals surface area contributed by atoms with Crippen LogP contribution in [0, 0.1) is 71.8 Å². The van der Waals surface area contributed by atoms with E-state index in [1.807, 2.05) is 158 Å². The molecule has 8 aliphatic heterocycles. The number of nitrogens with one attached hydrogen (secondary N) is 2. The zero-order valence-electron chi connectivity index (χ0n) is 85.0. The van der Waals surface area contributed by atoms with Crippen molar-refractivity contribution < 1.29 is 76.5 Å². The van der Waals surface area contributed by atoms with Crippen LogP contribution in [0.1, 0.15) is 168 Å². The predicted octanol–water partition coefficient (Wildman–Crippen LogP) is 31.2. The standard InChI is InChI=1S/C16H16ClNO.2C16H15ClO2.C16H16FNO.C16H16O2.C16H16OS.C14H13NO2S.C13H10FNO3S/c1-10-5-11-8-18(2)9-12-6-13(19)3-4-14(12)15(11)7-16(10)17;2*1-9-5-11-8-19-10(2)14-6-12(18)3-4-13(14)15(11)7-16(9)17;1-10-3-4-14-11(5-10)8-18(2)9-12-6-13(19)7-15(17)16(12)14;2*1-10-3-5-15-14-6-4-13(17)8-12(14)9-18-11(2)16(15)7-10;1-9-2-4-12-10(6-9)8-18(15,17)14-7-11(16)3-5-13(12)14;1-7-4-10(14)13-9-3-2-8(16)6-12(9)19(17,18)15-11(13)5-7/h3-7,19H,8-9H2,1-2H3;2*3-7,10,18H,8H2,1-2H3;3-7,19H,8-9H2,1-2H3;2*3-8,11,17H,9H2,1-2H3;2-7,15-16H,8H2,1H3;2-6,15-16H,1H3/t;;;;;;18-;/m......0./s1. The highest BCUT2D eigenvalue weighted by Gasteiger charge is 2.34. The molecule has 24 rings (SSSR count). The van der Waals surface area contributed by atoms with E-state index in [-0.39, 0.29) is 80.3 Å². The van der Waals surface area contributed by atoms with Crippen LogP contribution in [0.25, 0.3) is 89.0 Å². The van der Waals surface area contributed by atoms with Crippen molar-refractivity contribution in [1.82, 2.24) is 9.80 Å². The van der Waals surface area contributed by atoms with Gasteiger partial charge in [-0.3, -0.25) is 14.5 Å². The average molecular weight is 2120 g/mol. The Hall–Kier alpha value is -13.5. The lowest BCUT2D eigenvalue weighted by Crippen LogP contribution is -2.19. The Morgan fingerprint density at radius 2 is 0.658 bits per heavy atom. The van der Waals surface area contributed by atoms with Gasteiger partial charge in [0.25, 0.3) is 10.0 Å². The van der Waals surface area contributed by atoms with Gasteiger partial charge in [0.15, 0.2) is 0 Å². The Morgan fingerprint density at radius 3 is 1.18 bits per heavy atom. The predicted molar refractivity (Wildman–Crippen MR) is 594 cm³/mol. The number of anilines is 1. The zero-order valence-corrected chi connectivity index (χ0v) is 89.8. The molecule has 16 aromatic carbocycles. The van der Waals surface area contributed by atoms with Gasteiger partial charge in [-0.05, 0) is 391 Å². The van der Waals surface area contributed by atoms with Gasteiger partial charge in [-0.25, -0.2) is 26.2 Å². The van der Waals surface area contributed by atoms with E-state index in [2.05, 4.69) is 110 Å². The summed E-state index contributed by atoms with van der Waals surface area (Å²) in [6.45, 7) is 29.1. The number of thioether (sulfide) groups is 1. The summed E-state index contributed by atoms with van der Waals surface area (Å²) >= 11 is 20.7. The van der Waals surface area contributed by atoms with Crippen molar-refractivity contribution in [3.63, 3.8) is 0 Å². The van der Waals surface area contributed by atoms with Crippen molar-refractivity contribution in [2.45, 2.75) is 174 Å². The van der Waals surface area contributed by atoms with Crippen molar-refractivity contribution in [2.24, 2.45) is 0 Å². The number of nitrogens with zero attached hydrogens (tertiary/aromatic N) is 2. The monoisotopic (exact) mass is 2110 g/mol. The fraction of sp³-hybridized carbons (Fsp3) is 0.220. The number of fused-ring (bicyclic) bond motifs is 24. The van der Waals surface area contributed by atoms with Gasteiger partial charge in [-0.2, -0.15) is 0 Å². The summed E-state index contributed by atoms with van der Waals surface area (Å²) in [6.07, 6.45) is -0.0170. The van der Waals surface area contributed by atoms with Crippen LogP contribution in [-0.4, -0.2) is 77.4 Å². The molecule has 10 N–H and O–H groups in total. The maximum Gasteiger partial charge on any atom is 0.262 e. The molecule has 766 valence electrons. The number of rotatable bonds is 0. The maximum absolute atomic E-state index is 14.2. The Morgan fingerprint density at radius 1 is 0.322 bits per heavy atom. The van der Waals surface area contributed by atoms with Crippen LogP contribution in [-0.2, 0) is 91.5 Å². The van der Waals surface area contributed by atoms with E-state index < -0.39 is 25.6 Å². The summed E-state index contributed by atoms with van der Waals surface area (Å²) in [5, 5.41) is 79.5. The van der Waals surface area contributed by atoms with Crippen LogP contribution in [0.15, 0.2) is 271 Å². The van der Waals surface area contributed by atoms with Gasteiger partial charge in [0.2, 0.25) is 0 Å². The van der Waals surface area contributed by atoms with Crippen molar-refractivity contribution in [3.8, 4) is 135 Å². The molecule has 26 heteroatoms. The molecule has 0 fully saturated rings. The van der Waals surface area contributed by atoms with E-state index in [0.717, 1.165) is 163 Å². The average Bonchev–Trinajstić information content (AvgIpc) is 0.999. The number of ether oxygens (including phenoxy) is 3. The number of phenols is 8. The number of phenolic OH excluding ortho intramolecular Hbond substituents is 8. The zero-order chi connectivity index (χ0) is 106. The van der Waals surface area contributed by atoms with E-state index in [9.17, 15) is 62.3 Å². The first-order chi connectivity index (χ1) is 70.8. The molecule has 0 spiro atoms. The van der Waals surface area contributed by atoms with Crippen molar-refractivity contribution in [1.29, 1.82) is 4.78 Å². The molecule has 4 unspecified atom stereocenters. The van der Waals surface area contributed by atoms with Crippen LogP contribution in [0.2, 0.25) is 15.1 Å².